The third-order valence-corrected chi connectivity index (χ3v) is 8.72. The number of hydrogen-bond donors (Lipinski definition) is 0. The predicted octanol–water partition coefficient (Wildman–Crippen LogP) is 4.39. The zero-order valence-corrected chi connectivity index (χ0v) is 22.2. The topological polar surface area (TPSA) is 75.5 Å². The van der Waals surface area contributed by atoms with Gasteiger partial charge in [0.05, 0.1) is 28.9 Å². The Balaban J connectivity index is 1.48. The zero-order valence-electron chi connectivity index (χ0n) is 21.4. The van der Waals surface area contributed by atoms with Gasteiger partial charge < -0.3 is 4.90 Å². The molecule has 3 aromatic carbocycles. The van der Waals surface area contributed by atoms with Crippen LogP contribution in [-0.4, -0.2) is 48.7 Å². The Hall–Kier alpha value is -3.89. The van der Waals surface area contributed by atoms with E-state index in [2.05, 4.69) is 5.10 Å². The Morgan fingerprint density at radius 1 is 0.846 bits per heavy atom. The van der Waals surface area contributed by atoms with Gasteiger partial charge in [0.2, 0.25) is 10.0 Å². The van der Waals surface area contributed by atoms with Gasteiger partial charge in [-0.1, -0.05) is 61.5 Å². The average Bonchev–Trinajstić information content (AvgIpc) is 2.93. The molecule has 0 radical (unpaired) electrons. The smallest absolute Gasteiger partial charge is 0.281 e. The summed E-state index contributed by atoms with van der Waals surface area (Å²) in [4.78, 5) is 15.7. The molecule has 39 heavy (non-hydrogen) atoms. The van der Waals surface area contributed by atoms with Crippen LogP contribution >= 0.6 is 0 Å². The molecule has 1 saturated heterocycles. The summed E-state index contributed by atoms with van der Waals surface area (Å²) in [5.41, 5.74) is 2.78. The van der Waals surface area contributed by atoms with E-state index in [0.29, 0.717) is 29.9 Å². The molecule has 0 atom stereocenters. The van der Waals surface area contributed by atoms with Crippen molar-refractivity contribution < 1.29 is 17.2 Å². The van der Waals surface area contributed by atoms with Crippen molar-refractivity contribution in [3.63, 3.8) is 0 Å². The molecule has 2 heterocycles. The van der Waals surface area contributed by atoms with Crippen LogP contribution in [0.2, 0.25) is 0 Å². The first-order valence-electron chi connectivity index (χ1n) is 12.7. The molecule has 0 unspecified atom stereocenters. The van der Waals surface area contributed by atoms with Crippen molar-refractivity contribution in [3.8, 4) is 16.8 Å². The Morgan fingerprint density at radius 3 is 2.10 bits per heavy atom. The lowest BCUT2D eigenvalue weighted by molar-refractivity contribution is 0.384. The van der Waals surface area contributed by atoms with Gasteiger partial charge in [0, 0.05) is 32.2 Å². The van der Waals surface area contributed by atoms with Crippen LogP contribution in [0.5, 0.6) is 0 Å². The number of piperazine rings is 1. The first-order chi connectivity index (χ1) is 18.7. The molecule has 0 amide bonds. The number of halogens is 2. The van der Waals surface area contributed by atoms with Gasteiger partial charge in [0.15, 0.2) is 0 Å². The highest BCUT2D eigenvalue weighted by Crippen LogP contribution is 2.29. The summed E-state index contributed by atoms with van der Waals surface area (Å²) in [7, 11) is -3.52. The molecule has 202 valence electrons. The predicted molar refractivity (Wildman–Crippen MR) is 147 cm³/mol. The molecule has 10 heteroatoms. The quantitative estimate of drug-likeness (QED) is 0.341. The highest BCUT2D eigenvalue weighted by molar-refractivity contribution is 7.88. The summed E-state index contributed by atoms with van der Waals surface area (Å²) in [6.45, 7) is 3.24. The number of sulfonamides is 1. The first kappa shape index (κ1) is 26.7. The molecule has 0 spiro atoms. The van der Waals surface area contributed by atoms with Crippen LogP contribution in [0.3, 0.4) is 0 Å². The van der Waals surface area contributed by atoms with Crippen LogP contribution in [0.4, 0.5) is 14.5 Å². The second-order valence-corrected chi connectivity index (χ2v) is 11.4. The molecule has 0 N–H and O–H groups in total. The zero-order chi connectivity index (χ0) is 27.6. The molecule has 1 aromatic heterocycles. The van der Waals surface area contributed by atoms with E-state index in [1.54, 1.807) is 12.1 Å². The Kier molecular flexibility index (Phi) is 7.58. The van der Waals surface area contributed by atoms with E-state index in [4.69, 9.17) is 0 Å². The summed E-state index contributed by atoms with van der Waals surface area (Å²) in [5.74, 6) is -1.71. The number of rotatable bonds is 7. The summed E-state index contributed by atoms with van der Waals surface area (Å²) in [6.07, 6.45) is 2.33. The van der Waals surface area contributed by atoms with Gasteiger partial charge in [-0.3, -0.25) is 4.79 Å². The minimum atomic E-state index is -3.52. The van der Waals surface area contributed by atoms with Crippen LogP contribution in [0.25, 0.3) is 16.8 Å². The van der Waals surface area contributed by atoms with Crippen molar-refractivity contribution >= 4 is 15.7 Å². The van der Waals surface area contributed by atoms with Crippen molar-refractivity contribution in [2.75, 3.05) is 31.1 Å². The van der Waals surface area contributed by atoms with Gasteiger partial charge in [-0.15, -0.1) is 0 Å². The Labute approximate surface area is 226 Å². The average molecular weight is 551 g/mol. The van der Waals surface area contributed by atoms with Crippen molar-refractivity contribution in [3.05, 3.63) is 112 Å². The lowest BCUT2D eigenvalue weighted by Crippen LogP contribution is -2.49. The second-order valence-electron chi connectivity index (χ2n) is 9.43. The normalized spacial score (nSPS) is 14.5. The van der Waals surface area contributed by atoms with Gasteiger partial charge in [-0.25, -0.2) is 17.2 Å². The van der Waals surface area contributed by atoms with Gasteiger partial charge in [0.1, 0.15) is 11.6 Å². The van der Waals surface area contributed by atoms with Crippen LogP contribution in [-0.2, 0) is 22.2 Å². The molecular weight excluding hydrogens is 522 g/mol. The molecule has 4 aromatic rings. The van der Waals surface area contributed by atoms with E-state index >= 15 is 0 Å². The molecule has 0 bridgehead atoms. The van der Waals surface area contributed by atoms with Crippen LogP contribution in [0.1, 0.15) is 18.1 Å². The van der Waals surface area contributed by atoms with Crippen molar-refractivity contribution in [1.29, 1.82) is 0 Å². The summed E-state index contributed by atoms with van der Waals surface area (Å²) < 4.78 is 56.4. The standard InChI is InChI=1S/C29H28F2N4O3S/c1-2-21-8-10-23(11-9-21)28-27(19-32-35(29(28)36)26-17-24(30)16-25(31)18-26)33-12-14-34(15-13-33)39(37,38)20-22-6-4-3-5-7-22/h3-11,16-19H,2,12-15,20H2,1H3. The molecule has 1 fully saturated rings. The lowest BCUT2D eigenvalue weighted by atomic mass is 10.0. The van der Waals surface area contributed by atoms with E-state index in [9.17, 15) is 22.0 Å². The van der Waals surface area contributed by atoms with Crippen molar-refractivity contribution in [2.24, 2.45) is 0 Å². The highest BCUT2D eigenvalue weighted by atomic mass is 32.2. The Bertz CT molecular complexity index is 1610. The maximum absolute atomic E-state index is 13.9. The molecule has 0 saturated carbocycles. The number of nitrogens with zero attached hydrogens (tertiary/aromatic N) is 4. The fourth-order valence-corrected chi connectivity index (χ4v) is 6.31. The number of benzene rings is 3. The van der Waals surface area contributed by atoms with Gasteiger partial charge in [0.25, 0.3) is 5.56 Å². The summed E-state index contributed by atoms with van der Waals surface area (Å²) >= 11 is 0. The molecule has 5 rings (SSSR count). The van der Waals surface area contributed by atoms with E-state index in [-0.39, 0.29) is 24.5 Å². The van der Waals surface area contributed by atoms with Crippen molar-refractivity contribution in [2.45, 2.75) is 19.1 Å². The number of aromatic nitrogens is 2. The van der Waals surface area contributed by atoms with E-state index in [0.717, 1.165) is 40.4 Å². The molecule has 1 aliphatic rings. The highest BCUT2D eigenvalue weighted by Gasteiger charge is 2.29. The minimum absolute atomic E-state index is 0.0210. The number of aryl methyl sites for hydroxylation is 1. The number of hydrogen-bond acceptors (Lipinski definition) is 5. The first-order valence-corrected chi connectivity index (χ1v) is 14.3. The monoisotopic (exact) mass is 550 g/mol. The fourth-order valence-electron chi connectivity index (χ4n) is 4.79. The number of anilines is 1. The third kappa shape index (κ3) is 5.76. The van der Waals surface area contributed by atoms with E-state index in [1.165, 1.54) is 10.5 Å². The van der Waals surface area contributed by atoms with Crippen LogP contribution in [0, 0.1) is 11.6 Å². The SMILES string of the molecule is CCc1ccc(-c2c(N3CCN(S(=O)(=O)Cc4ccccc4)CC3)cnn(-c3cc(F)cc(F)c3)c2=O)cc1. The fraction of sp³-hybridized carbons (Fsp3) is 0.241. The Morgan fingerprint density at radius 2 is 1.49 bits per heavy atom. The molecule has 0 aliphatic carbocycles. The maximum atomic E-state index is 13.9. The van der Waals surface area contributed by atoms with Crippen LogP contribution in [0.15, 0.2) is 83.8 Å². The minimum Gasteiger partial charge on any atom is -0.367 e. The largest absolute Gasteiger partial charge is 0.367 e. The van der Waals surface area contributed by atoms with Crippen LogP contribution < -0.4 is 10.5 Å². The molecule has 7 nitrogen and oxygen atoms in total. The lowest BCUT2D eigenvalue weighted by Gasteiger charge is -2.36. The van der Waals surface area contributed by atoms with Gasteiger partial charge in [-0.05, 0) is 35.2 Å². The molecular formula is C29H28F2N4O3S. The summed E-state index contributed by atoms with van der Waals surface area (Å²) in [6, 6.07) is 19.4. The third-order valence-electron chi connectivity index (χ3n) is 6.87. The molecule has 1 aliphatic heterocycles. The van der Waals surface area contributed by atoms with E-state index < -0.39 is 27.2 Å². The van der Waals surface area contributed by atoms with Crippen molar-refractivity contribution in [1.82, 2.24) is 14.1 Å². The summed E-state index contributed by atoms with van der Waals surface area (Å²) in [5, 5.41) is 4.25. The second kappa shape index (κ2) is 11.1. The van der Waals surface area contributed by atoms with Gasteiger partial charge >= 0.3 is 0 Å². The maximum Gasteiger partial charge on any atom is 0.281 e. The van der Waals surface area contributed by atoms with Gasteiger partial charge in [-0.2, -0.15) is 14.1 Å². The van der Waals surface area contributed by atoms with E-state index in [1.807, 2.05) is 54.3 Å².